The van der Waals surface area contributed by atoms with Gasteiger partial charge in [0, 0.05) is 19.8 Å². The monoisotopic (exact) mass is 248 g/mol. The Kier molecular flexibility index (Phi) is 3.78. The first-order chi connectivity index (χ1) is 8.67. The van der Waals surface area contributed by atoms with Crippen LogP contribution in [0.5, 0.6) is 0 Å². The Morgan fingerprint density at radius 2 is 2.22 bits per heavy atom. The molecule has 2 aromatic heterocycles. The molecule has 3 N–H and O–H groups in total. The van der Waals surface area contributed by atoms with Gasteiger partial charge in [-0.15, -0.1) is 0 Å². The van der Waals surface area contributed by atoms with E-state index in [1.807, 2.05) is 35.5 Å². The van der Waals surface area contributed by atoms with Crippen molar-refractivity contribution < 1.29 is 0 Å². The number of hydrazine groups is 1. The van der Waals surface area contributed by atoms with Crippen LogP contribution in [0.2, 0.25) is 0 Å². The third-order valence-electron chi connectivity index (χ3n) is 2.98. The first-order valence-corrected chi connectivity index (χ1v) is 6.15. The van der Waals surface area contributed by atoms with Gasteiger partial charge in [-0.2, -0.15) is 10.2 Å². The Labute approximate surface area is 107 Å². The number of nitrogens with two attached hydrogens (primary N) is 1. The zero-order valence-electron chi connectivity index (χ0n) is 11.1. The van der Waals surface area contributed by atoms with Crippen LogP contribution in [-0.4, -0.2) is 19.6 Å². The molecular formula is C12H20N6. The van der Waals surface area contributed by atoms with E-state index in [4.69, 9.17) is 5.84 Å². The van der Waals surface area contributed by atoms with Crippen LogP contribution in [0, 0.1) is 6.92 Å². The summed E-state index contributed by atoms with van der Waals surface area (Å²) < 4.78 is 3.83. The second-order valence-electron chi connectivity index (χ2n) is 4.41. The molecule has 0 saturated carbocycles. The zero-order valence-corrected chi connectivity index (χ0v) is 11.1. The molecule has 0 saturated heterocycles. The molecule has 98 valence electrons. The Balaban J connectivity index is 2.39. The van der Waals surface area contributed by atoms with Crippen molar-refractivity contribution in [3.8, 4) is 0 Å². The molecule has 0 aliphatic heterocycles. The lowest BCUT2D eigenvalue weighted by molar-refractivity contribution is 0.500. The van der Waals surface area contributed by atoms with E-state index in [0.29, 0.717) is 0 Å². The lowest BCUT2D eigenvalue weighted by Crippen LogP contribution is -2.32. The van der Waals surface area contributed by atoms with E-state index in [9.17, 15) is 0 Å². The fourth-order valence-electron chi connectivity index (χ4n) is 2.21. The van der Waals surface area contributed by atoms with Gasteiger partial charge in [0.15, 0.2) is 0 Å². The quantitative estimate of drug-likeness (QED) is 0.608. The third kappa shape index (κ3) is 2.30. The van der Waals surface area contributed by atoms with Crippen LogP contribution in [-0.2, 0) is 13.6 Å². The summed E-state index contributed by atoms with van der Waals surface area (Å²) in [7, 11) is 1.92. The van der Waals surface area contributed by atoms with Gasteiger partial charge in [-0.25, -0.2) is 5.43 Å². The van der Waals surface area contributed by atoms with Crippen LogP contribution in [0.25, 0.3) is 0 Å². The predicted molar refractivity (Wildman–Crippen MR) is 69.6 cm³/mol. The normalized spacial score (nSPS) is 12.9. The largest absolute Gasteiger partial charge is 0.270 e. The van der Waals surface area contributed by atoms with E-state index in [-0.39, 0.29) is 6.04 Å². The molecule has 2 rings (SSSR count). The molecule has 0 fully saturated rings. The van der Waals surface area contributed by atoms with Gasteiger partial charge >= 0.3 is 0 Å². The van der Waals surface area contributed by atoms with Crippen molar-refractivity contribution in [2.45, 2.75) is 32.9 Å². The lowest BCUT2D eigenvalue weighted by atomic mass is 10.1. The minimum Gasteiger partial charge on any atom is -0.270 e. The minimum absolute atomic E-state index is 0.0924. The highest BCUT2D eigenvalue weighted by Crippen LogP contribution is 2.21. The van der Waals surface area contributed by atoms with Crippen molar-refractivity contribution in [2.24, 2.45) is 12.9 Å². The molecule has 1 atom stereocenters. The molecule has 0 aliphatic rings. The summed E-state index contributed by atoms with van der Waals surface area (Å²) in [4.78, 5) is 0. The van der Waals surface area contributed by atoms with Crippen molar-refractivity contribution in [1.82, 2.24) is 25.0 Å². The molecule has 2 aromatic rings. The first kappa shape index (κ1) is 12.8. The summed E-state index contributed by atoms with van der Waals surface area (Å²) in [5, 5.41) is 8.69. The number of nitrogens with one attached hydrogen (secondary N) is 1. The van der Waals surface area contributed by atoms with Crippen LogP contribution in [0.4, 0.5) is 0 Å². The van der Waals surface area contributed by atoms with Crippen molar-refractivity contribution in [3.05, 3.63) is 35.4 Å². The SMILES string of the molecule is CCCn1nccc1C(NN)c1cc(C)nn1C. The molecule has 2 heterocycles. The average Bonchev–Trinajstić information content (AvgIpc) is 2.89. The Bertz CT molecular complexity index is 512. The number of aryl methyl sites for hydroxylation is 3. The Morgan fingerprint density at radius 1 is 1.44 bits per heavy atom. The van der Waals surface area contributed by atoms with Gasteiger partial charge in [0.25, 0.3) is 0 Å². The van der Waals surface area contributed by atoms with Crippen molar-refractivity contribution >= 4 is 0 Å². The summed E-state index contributed by atoms with van der Waals surface area (Å²) in [5.74, 6) is 5.71. The van der Waals surface area contributed by atoms with E-state index in [1.165, 1.54) is 0 Å². The molecule has 0 bridgehead atoms. The van der Waals surface area contributed by atoms with Gasteiger partial charge in [-0.1, -0.05) is 6.92 Å². The minimum atomic E-state index is -0.0924. The van der Waals surface area contributed by atoms with Gasteiger partial charge < -0.3 is 0 Å². The van der Waals surface area contributed by atoms with Gasteiger partial charge in [-0.05, 0) is 25.5 Å². The van der Waals surface area contributed by atoms with E-state index in [2.05, 4.69) is 22.5 Å². The Morgan fingerprint density at radius 3 is 2.78 bits per heavy atom. The fraction of sp³-hybridized carbons (Fsp3) is 0.500. The molecular weight excluding hydrogens is 228 g/mol. The summed E-state index contributed by atoms with van der Waals surface area (Å²) >= 11 is 0. The molecule has 0 aliphatic carbocycles. The fourth-order valence-corrected chi connectivity index (χ4v) is 2.21. The van der Waals surface area contributed by atoms with E-state index in [1.54, 1.807) is 6.20 Å². The number of hydrogen-bond donors (Lipinski definition) is 2. The average molecular weight is 248 g/mol. The highest BCUT2D eigenvalue weighted by atomic mass is 15.3. The lowest BCUT2D eigenvalue weighted by Gasteiger charge is -2.17. The van der Waals surface area contributed by atoms with Crippen LogP contribution in [0.15, 0.2) is 18.3 Å². The maximum Gasteiger partial charge on any atom is 0.104 e. The maximum absolute atomic E-state index is 5.71. The third-order valence-corrected chi connectivity index (χ3v) is 2.98. The molecule has 18 heavy (non-hydrogen) atoms. The van der Waals surface area contributed by atoms with Crippen molar-refractivity contribution in [1.29, 1.82) is 0 Å². The summed E-state index contributed by atoms with van der Waals surface area (Å²) in [6, 6.07) is 3.93. The van der Waals surface area contributed by atoms with Gasteiger partial charge in [0.1, 0.15) is 6.04 Å². The van der Waals surface area contributed by atoms with Gasteiger partial charge in [0.2, 0.25) is 0 Å². The topological polar surface area (TPSA) is 73.7 Å². The van der Waals surface area contributed by atoms with Crippen LogP contribution in [0.1, 0.15) is 36.5 Å². The van der Waals surface area contributed by atoms with Crippen LogP contribution in [0.3, 0.4) is 0 Å². The number of rotatable bonds is 5. The van der Waals surface area contributed by atoms with E-state index >= 15 is 0 Å². The summed E-state index contributed by atoms with van der Waals surface area (Å²) in [6.45, 7) is 4.99. The molecule has 6 heteroatoms. The number of hydrogen-bond acceptors (Lipinski definition) is 4. The van der Waals surface area contributed by atoms with E-state index < -0.39 is 0 Å². The highest BCUT2D eigenvalue weighted by Gasteiger charge is 2.20. The van der Waals surface area contributed by atoms with Crippen molar-refractivity contribution in [2.75, 3.05) is 0 Å². The number of aromatic nitrogens is 4. The van der Waals surface area contributed by atoms with Crippen LogP contribution < -0.4 is 11.3 Å². The zero-order chi connectivity index (χ0) is 13.1. The summed E-state index contributed by atoms with van der Waals surface area (Å²) in [6.07, 6.45) is 2.84. The van der Waals surface area contributed by atoms with Gasteiger partial charge in [-0.3, -0.25) is 15.2 Å². The second-order valence-corrected chi connectivity index (χ2v) is 4.41. The maximum atomic E-state index is 5.71. The standard InChI is InChI=1S/C12H20N6/c1-4-7-18-10(5-6-14-18)12(15-13)11-8-9(2)16-17(11)3/h5-6,8,12,15H,4,7,13H2,1-3H3. The number of nitrogens with zero attached hydrogens (tertiary/aromatic N) is 4. The Hall–Kier alpha value is -1.66. The summed E-state index contributed by atoms with van der Waals surface area (Å²) in [5.41, 5.74) is 5.93. The molecule has 0 amide bonds. The molecule has 0 radical (unpaired) electrons. The van der Waals surface area contributed by atoms with Gasteiger partial charge in [0.05, 0.1) is 17.1 Å². The molecule has 0 aromatic carbocycles. The van der Waals surface area contributed by atoms with E-state index in [0.717, 1.165) is 30.0 Å². The second kappa shape index (κ2) is 5.32. The molecule has 6 nitrogen and oxygen atoms in total. The van der Waals surface area contributed by atoms with Crippen molar-refractivity contribution in [3.63, 3.8) is 0 Å². The molecule has 1 unspecified atom stereocenters. The highest BCUT2D eigenvalue weighted by molar-refractivity contribution is 5.23. The van der Waals surface area contributed by atoms with Crippen LogP contribution >= 0.6 is 0 Å². The smallest absolute Gasteiger partial charge is 0.104 e. The first-order valence-electron chi connectivity index (χ1n) is 6.15. The molecule has 0 spiro atoms. The predicted octanol–water partition coefficient (Wildman–Crippen LogP) is 0.888.